The number of nitrogens with one attached hydrogen (secondary N) is 1. The minimum Gasteiger partial charge on any atom is -0.507 e. The van der Waals surface area contributed by atoms with Crippen LogP contribution in [0.3, 0.4) is 0 Å². The second kappa shape index (κ2) is 22.0. The van der Waals surface area contributed by atoms with Gasteiger partial charge in [-0.05, 0) is 99.6 Å². The lowest BCUT2D eigenvalue weighted by atomic mass is 9.81. The van der Waals surface area contributed by atoms with E-state index in [0.717, 1.165) is 117 Å². The Morgan fingerprint density at radius 1 is 0.924 bits per heavy atom. The Bertz CT molecular complexity index is 3130. The Kier molecular flexibility index (Phi) is 14.7. The molecule has 5 saturated heterocycles. The van der Waals surface area contributed by atoms with Crippen LogP contribution in [0.2, 0.25) is 0 Å². The molecule has 4 aromatic heterocycles. The summed E-state index contributed by atoms with van der Waals surface area (Å²) >= 11 is 1.60. The van der Waals surface area contributed by atoms with Crippen molar-refractivity contribution in [1.82, 2.24) is 40.4 Å². The average Bonchev–Trinajstić information content (AvgIpc) is 4.43. The van der Waals surface area contributed by atoms with E-state index < -0.39 is 18.1 Å². The van der Waals surface area contributed by atoms with Gasteiger partial charge in [-0.1, -0.05) is 55.4 Å². The number of likely N-dealkylation sites (tertiary alicyclic amines) is 1. The number of para-hydroxylation sites is 1. The summed E-state index contributed by atoms with van der Waals surface area (Å²) in [5.41, 5.74) is 14.2. The van der Waals surface area contributed by atoms with Crippen LogP contribution in [-0.4, -0.2) is 152 Å². The van der Waals surface area contributed by atoms with Crippen LogP contribution in [0.4, 0.5) is 23.0 Å². The highest BCUT2D eigenvalue weighted by molar-refractivity contribution is 7.13. The zero-order chi connectivity index (χ0) is 54.5. The minimum absolute atomic E-state index is 0.0714. The molecule has 6 fully saturated rings. The molecule has 19 nitrogen and oxygen atoms in total. The molecule has 2 amide bonds. The normalized spacial score (nSPS) is 24.7. The molecule has 2 bridgehead atoms. The highest BCUT2D eigenvalue weighted by Gasteiger charge is 2.46. The molecule has 5 N–H and O–H groups in total. The fourth-order valence-corrected chi connectivity index (χ4v) is 14.1. The smallest absolute Gasteiger partial charge is 0.243 e. The van der Waals surface area contributed by atoms with E-state index in [1.54, 1.807) is 23.5 Å². The van der Waals surface area contributed by atoms with Gasteiger partial charge in [0.15, 0.2) is 17.4 Å². The number of piperazine rings is 1. The number of nitrogens with two attached hydrogens (primary N) is 1. The number of aliphatic hydroxyl groups is 1. The lowest BCUT2D eigenvalue weighted by Gasteiger charge is -2.49. The predicted molar refractivity (Wildman–Crippen MR) is 302 cm³/mol. The number of hydrogen-bond acceptors (Lipinski definition) is 18. The topological polar surface area (TPSA) is 225 Å². The number of fused-ring (bicyclic) bond motifs is 2. The van der Waals surface area contributed by atoms with E-state index in [1.807, 2.05) is 87.9 Å². The lowest BCUT2D eigenvalue weighted by Crippen LogP contribution is -2.58. The number of hydrogen-bond donors (Lipinski definition) is 4. The number of nitrogen functional groups attached to an aromatic ring is 1. The first kappa shape index (κ1) is 52.8. The highest BCUT2D eigenvalue weighted by Crippen LogP contribution is 2.42. The standard InChI is InChI=1S/C59H72N12O7S/c1-35(2)54(58(75)70-32-44(72)26-49(70)57(74)63-36(3)39-9-11-40(12-10-39)55-37(4)62-34-79-55)51-28-52(66-78-51)68-19-16-59(17-20-68)33-67(21-22-76-59)29-38-23-45(24-38)77-53-25-41(15-18-61-53)71-42-13-14-43(71)31-69(30-42)48-27-47(64-65-56(48)60)46-7-5-6-8-50(46)73/h5-12,15,18,25,27-28,34-36,38,42-45,49,54,72-73H,13-14,16-17,19-24,26,29-33H2,1-4H3,(H2,60,65)(H,63,74)/t36-,38?,42+,43?,44+,45?,49-,54-/m0/s1. The monoisotopic (exact) mass is 1090 g/mol. The molecule has 20 heteroatoms. The van der Waals surface area contributed by atoms with Crippen LogP contribution >= 0.6 is 11.3 Å². The molecule has 6 aliphatic rings. The summed E-state index contributed by atoms with van der Waals surface area (Å²) in [6.07, 6.45) is 7.16. The first-order valence-corrected chi connectivity index (χ1v) is 29.1. The number of phenols is 1. The average molecular weight is 1090 g/mol. The number of rotatable bonds is 15. The Morgan fingerprint density at radius 3 is 2.43 bits per heavy atom. The fraction of sp³-hybridized carbons (Fsp3) is 0.508. The number of nitrogens with zero attached hydrogens (tertiary/aromatic N) is 10. The Hall–Kier alpha value is -6.87. The van der Waals surface area contributed by atoms with E-state index >= 15 is 0 Å². The van der Waals surface area contributed by atoms with Crippen LogP contribution in [0.5, 0.6) is 11.6 Å². The molecule has 2 aromatic carbocycles. The Labute approximate surface area is 465 Å². The van der Waals surface area contributed by atoms with Gasteiger partial charge in [0.2, 0.25) is 17.7 Å². The van der Waals surface area contributed by atoms with Crippen molar-refractivity contribution >= 4 is 46.2 Å². The molecule has 416 valence electrons. The van der Waals surface area contributed by atoms with Crippen LogP contribution in [0, 0.1) is 18.8 Å². The molecule has 12 rings (SSSR count). The van der Waals surface area contributed by atoms with Gasteiger partial charge in [0.05, 0.1) is 51.8 Å². The molecule has 0 radical (unpaired) electrons. The molecule has 1 unspecified atom stereocenters. The Morgan fingerprint density at radius 2 is 1.70 bits per heavy atom. The fourth-order valence-electron chi connectivity index (χ4n) is 13.3. The molecule has 6 atom stereocenters. The van der Waals surface area contributed by atoms with E-state index in [9.17, 15) is 19.8 Å². The van der Waals surface area contributed by atoms with Crippen molar-refractivity contribution in [3.05, 3.63) is 102 Å². The number of aromatic hydroxyl groups is 1. The Balaban J connectivity index is 0.608. The third-order valence-corrected chi connectivity index (χ3v) is 18.5. The molecule has 1 saturated carbocycles. The van der Waals surface area contributed by atoms with Crippen molar-refractivity contribution in [2.75, 3.05) is 79.4 Å². The summed E-state index contributed by atoms with van der Waals surface area (Å²) in [5.74, 6) is 1.54. The number of thiazole rings is 1. The number of aryl methyl sites for hydroxylation is 1. The summed E-state index contributed by atoms with van der Waals surface area (Å²) in [6.45, 7) is 14.5. The van der Waals surface area contributed by atoms with Gasteiger partial charge >= 0.3 is 0 Å². The van der Waals surface area contributed by atoms with Crippen molar-refractivity contribution in [3.8, 4) is 33.3 Å². The van der Waals surface area contributed by atoms with Crippen LogP contribution < -0.4 is 30.5 Å². The number of anilines is 4. The van der Waals surface area contributed by atoms with Crippen molar-refractivity contribution in [2.45, 2.75) is 121 Å². The van der Waals surface area contributed by atoms with Gasteiger partial charge < -0.3 is 54.9 Å². The minimum atomic E-state index is -0.816. The largest absolute Gasteiger partial charge is 0.507 e. The van der Waals surface area contributed by atoms with Gasteiger partial charge in [0.1, 0.15) is 23.8 Å². The highest BCUT2D eigenvalue weighted by atomic mass is 32.1. The number of β-amino-alcohol motifs (C(OH)–C–C–N with tert-alkyl or cyclic N) is 1. The molecular formula is C59H72N12O7S. The predicted octanol–water partition coefficient (Wildman–Crippen LogP) is 7.21. The second-order valence-corrected chi connectivity index (χ2v) is 24.1. The number of phenolic OH excluding ortho intramolecular Hbond substituents is 1. The number of ether oxygens (including phenoxy) is 2. The van der Waals surface area contributed by atoms with E-state index in [-0.39, 0.29) is 54.2 Å². The van der Waals surface area contributed by atoms with Gasteiger partial charge in [-0.2, -0.15) is 0 Å². The van der Waals surface area contributed by atoms with Gasteiger partial charge in [-0.3, -0.25) is 14.5 Å². The first-order chi connectivity index (χ1) is 38.2. The lowest BCUT2D eigenvalue weighted by molar-refractivity contribution is -0.141. The maximum Gasteiger partial charge on any atom is 0.243 e. The van der Waals surface area contributed by atoms with Crippen LogP contribution in [0.1, 0.15) is 94.7 Å². The first-order valence-electron chi connectivity index (χ1n) is 28.2. The maximum absolute atomic E-state index is 14.5. The van der Waals surface area contributed by atoms with Crippen molar-refractivity contribution in [2.24, 2.45) is 11.8 Å². The molecule has 5 aliphatic heterocycles. The summed E-state index contributed by atoms with van der Waals surface area (Å²) in [6, 6.07) is 22.8. The molecular weight excluding hydrogens is 1020 g/mol. The van der Waals surface area contributed by atoms with Gasteiger partial charge in [-0.25, -0.2) is 9.97 Å². The molecule has 79 heavy (non-hydrogen) atoms. The summed E-state index contributed by atoms with van der Waals surface area (Å²) in [4.78, 5) is 49.7. The number of benzene rings is 2. The van der Waals surface area contributed by atoms with Crippen LogP contribution in [-0.2, 0) is 14.3 Å². The van der Waals surface area contributed by atoms with E-state index in [0.29, 0.717) is 59.1 Å². The number of aliphatic hydroxyl groups excluding tert-OH is 1. The number of carbonyl (C=O) groups is 2. The van der Waals surface area contributed by atoms with Crippen LogP contribution in [0.25, 0.3) is 21.7 Å². The second-order valence-electron chi connectivity index (χ2n) is 23.2. The SMILES string of the molecule is Cc1ncsc1-c1ccc([C@H](C)NC(=O)[C@@H]2C[C@@H](O)CN2C(=O)[C@H](c2cc(N3CCC4(CC3)CN(CC3CC(Oc5cc(N6C7CC[C@@H]6CN(c6cc(-c8ccccc8O)nnc6N)C7)ccn5)C3)CCO4)no2)C(C)C)cc1. The van der Waals surface area contributed by atoms with Crippen molar-refractivity contribution < 1.29 is 33.8 Å². The van der Waals surface area contributed by atoms with E-state index in [4.69, 9.17) is 19.7 Å². The third kappa shape index (κ3) is 10.8. The van der Waals surface area contributed by atoms with Gasteiger partial charge in [-0.15, -0.1) is 21.5 Å². The summed E-state index contributed by atoms with van der Waals surface area (Å²) in [7, 11) is 0. The molecule has 1 spiro atoms. The quantitative estimate of drug-likeness (QED) is 0.0797. The number of amides is 2. The number of piperidine rings is 1. The van der Waals surface area contributed by atoms with E-state index in [2.05, 4.69) is 62.4 Å². The molecule has 9 heterocycles. The summed E-state index contributed by atoms with van der Waals surface area (Å²) < 4.78 is 19.1. The number of morpholine rings is 1. The summed E-state index contributed by atoms with van der Waals surface area (Å²) in [5, 5.41) is 37.5. The third-order valence-electron chi connectivity index (χ3n) is 17.5. The van der Waals surface area contributed by atoms with Crippen molar-refractivity contribution in [3.63, 3.8) is 0 Å². The van der Waals surface area contributed by atoms with E-state index in [1.165, 1.54) is 4.90 Å². The van der Waals surface area contributed by atoms with Gasteiger partial charge in [0, 0.05) is 100 Å². The number of carbonyl (C=O) groups excluding carboxylic acids is 2. The number of aromatic nitrogens is 5. The zero-order valence-electron chi connectivity index (χ0n) is 45.5. The van der Waals surface area contributed by atoms with Crippen LogP contribution in [0.15, 0.2) is 89.0 Å². The zero-order valence-corrected chi connectivity index (χ0v) is 46.3. The molecule has 6 aromatic rings. The maximum atomic E-state index is 14.5. The number of pyridine rings is 1. The van der Waals surface area contributed by atoms with Crippen molar-refractivity contribution in [1.29, 1.82) is 0 Å². The molecule has 1 aliphatic carbocycles. The van der Waals surface area contributed by atoms with Gasteiger partial charge in [0.25, 0.3) is 0 Å².